The first-order valence-corrected chi connectivity index (χ1v) is 25.3. The number of anilines is 3. The van der Waals surface area contributed by atoms with E-state index in [0.29, 0.717) is 56.0 Å². The average molecular weight is 997 g/mol. The predicted molar refractivity (Wildman–Crippen MR) is 267 cm³/mol. The highest BCUT2D eigenvalue weighted by Crippen LogP contribution is 2.45. The molecule has 5 aromatic rings. The van der Waals surface area contributed by atoms with Gasteiger partial charge in [0.25, 0.3) is 12.3 Å². The first-order chi connectivity index (χ1) is 34.1. The molecule has 5 heterocycles. The molecule has 0 saturated carbocycles. The third-order valence-electron chi connectivity index (χ3n) is 13.8. The minimum atomic E-state index is -2.66. The lowest BCUT2D eigenvalue weighted by Crippen LogP contribution is -2.42. The van der Waals surface area contributed by atoms with Crippen molar-refractivity contribution in [2.24, 2.45) is 7.05 Å². The predicted octanol–water partition coefficient (Wildman–Crippen LogP) is 8.29. The van der Waals surface area contributed by atoms with Crippen LogP contribution in [0.2, 0.25) is 0 Å². The molecule has 1 unspecified atom stereocenters. The Labute approximate surface area is 415 Å². The van der Waals surface area contributed by atoms with Gasteiger partial charge in [0, 0.05) is 107 Å². The van der Waals surface area contributed by atoms with E-state index in [9.17, 15) is 38.1 Å². The van der Waals surface area contributed by atoms with Crippen LogP contribution < -0.4 is 21.3 Å². The van der Waals surface area contributed by atoms with E-state index in [2.05, 4.69) is 40.9 Å². The number of halogens is 2. The van der Waals surface area contributed by atoms with Crippen LogP contribution in [0.4, 0.5) is 30.3 Å². The highest BCUT2D eigenvalue weighted by atomic mass is 32.1. The number of nitrogens with one attached hydrogen (secondary N) is 4. The van der Waals surface area contributed by atoms with Gasteiger partial charge < -0.3 is 20.9 Å². The van der Waals surface area contributed by atoms with E-state index in [-0.39, 0.29) is 56.6 Å². The Morgan fingerprint density at radius 2 is 1.72 bits per heavy atom. The summed E-state index contributed by atoms with van der Waals surface area (Å²) < 4.78 is 33.3. The first-order valence-electron chi connectivity index (χ1n) is 24.5. The van der Waals surface area contributed by atoms with Gasteiger partial charge in [0.1, 0.15) is 5.69 Å². The minimum absolute atomic E-state index is 0.00274. The van der Waals surface area contributed by atoms with Crippen molar-refractivity contribution in [2.75, 3.05) is 55.2 Å². The summed E-state index contributed by atoms with van der Waals surface area (Å²) in [5.74, 6) is -1.05. The molecule has 0 bridgehead atoms. The number of thiazole rings is 1. The van der Waals surface area contributed by atoms with Crippen molar-refractivity contribution in [3.05, 3.63) is 97.7 Å². The van der Waals surface area contributed by atoms with Gasteiger partial charge in [0.2, 0.25) is 17.7 Å². The molecule has 4 N–H and O–H groups in total. The van der Waals surface area contributed by atoms with E-state index in [0.717, 1.165) is 122 Å². The number of fused-ring (bicyclic) bond motifs is 2. The molecule has 2 aromatic carbocycles. The molecule has 71 heavy (non-hydrogen) atoms. The zero-order valence-corrected chi connectivity index (χ0v) is 41.5. The van der Waals surface area contributed by atoms with Crippen LogP contribution in [0.5, 0.6) is 0 Å². The van der Waals surface area contributed by atoms with E-state index >= 15 is 0 Å². The van der Waals surface area contributed by atoms with Crippen LogP contribution in [0.25, 0.3) is 11.1 Å². The van der Waals surface area contributed by atoms with Crippen molar-refractivity contribution in [3.63, 3.8) is 0 Å². The molecule has 18 nitrogen and oxygen atoms in total. The van der Waals surface area contributed by atoms with Gasteiger partial charge in [-0.1, -0.05) is 25.3 Å². The standard InChI is InChI=1S/C50H62F2N12O6S/c1-30-49(64(69)70)71-50(56-30)58-48(68)38-14-13-35(24-43(38)57-31(2)65)53-18-8-6-5-7-9-19-54-45(67)29-61-20-15-36(16-21-61)63-44-17-22-62(32(3)66)28-42(44)46(59-63)37-12-10-11-33-23-39(34-26-55-60(4)27-34)41(47(51)52)25-40(33)37/h13-14,23-27,36-37,47,53H,5-12,15-22,28-29H2,1-4H3,(H,54,67)(H,57,65)(H,56,58,68). The second-order valence-corrected chi connectivity index (χ2v) is 19.8. The summed E-state index contributed by atoms with van der Waals surface area (Å²) in [7, 11) is 1.78. The summed E-state index contributed by atoms with van der Waals surface area (Å²) in [5.41, 5.74) is 7.63. The number of carbonyl (C=O) groups excluding carboxylic acids is 4. The molecular formula is C50H62F2N12O6S. The number of carbonyl (C=O) groups is 4. The molecule has 3 aliphatic rings. The van der Waals surface area contributed by atoms with Crippen LogP contribution in [0.3, 0.4) is 0 Å². The molecule has 1 aliphatic carbocycles. The number of likely N-dealkylation sites (tertiary alicyclic amines) is 1. The van der Waals surface area contributed by atoms with Gasteiger partial charge in [0.15, 0.2) is 5.13 Å². The molecule has 378 valence electrons. The van der Waals surface area contributed by atoms with Crippen molar-refractivity contribution in [3.8, 4) is 11.1 Å². The number of benzene rings is 2. The zero-order valence-electron chi connectivity index (χ0n) is 40.7. The Balaban J connectivity index is 0.782. The first kappa shape index (κ1) is 50.8. The molecular weight excluding hydrogens is 935 g/mol. The van der Waals surface area contributed by atoms with Crippen LogP contribution in [0, 0.1) is 17.0 Å². The fourth-order valence-electron chi connectivity index (χ4n) is 10.2. The molecule has 8 rings (SSSR count). The number of rotatable bonds is 19. The molecule has 4 amide bonds. The monoisotopic (exact) mass is 996 g/mol. The Morgan fingerprint density at radius 3 is 2.41 bits per heavy atom. The maximum absolute atomic E-state index is 14.7. The summed E-state index contributed by atoms with van der Waals surface area (Å²) >= 11 is 0.764. The minimum Gasteiger partial charge on any atom is -0.385 e. The Morgan fingerprint density at radius 1 is 0.958 bits per heavy atom. The number of nitro groups is 1. The fraction of sp³-hybridized carbons (Fsp3) is 0.500. The van der Waals surface area contributed by atoms with Gasteiger partial charge in [-0.05, 0) is 104 Å². The van der Waals surface area contributed by atoms with Gasteiger partial charge in [0.05, 0.1) is 40.7 Å². The highest BCUT2D eigenvalue weighted by Gasteiger charge is 2.36. The SMILES string of the molecule is CC(=O)Nc1cc(NCCCCCCCNC(=O)CN2CCC(n3nc(C4CCCc5cc(-c6cnn(C)c6)c(C(F)F)cc54)c4c3CCN(C(C)=O)C4)CC2)ccc1C(=O)Nc1nc(C)c([N+](=O)[O-])s1. The van der Waals surface area contributed by atoms with Crippen LogP contribution >= 0.6 is 11.3 Å². The van der Waals surface area contributed by atoms with E-state index in [1.54, 1.807) is 55.3 Å². The van der Waals surface area contributed by atoms with Crippen molar-refractivity contribution in [1.82, 2.24) is 39.7 Å². The number of piperidine rings is 1. The molecule has 0 spiro atoms. The molecule has 1 atom stereocenters. The van der Waals surface area contributed by atoms with Gasteiger partial charge in [-0.3, -0.25) is 48.9 Å². The summed E-state index contributed by atoms with van der Waals surface area (Å²) in [6.07, 6.45) is 10.3. The van der Waals surface area contributed by atoms with Crippen molar-refractivity contribution < 1.29 is 32.9 Å². The number of unbranched alkanes of at least 4 members (excludes halogenated alkanes) is 4. The number of hydrogen-bond donors (Lipinski definition) is 4. The topological polar surface area (TPSA) is 215 Å². The zero-order chi connectivity index (χ0) is 50.3. The lowest BCUT2D eigenvalue weighted by atomic mass is 9.77. The lowest BCUT2D eigenvalue weighted by molar-refractivity contribution is -0.380. The lowest BCUT2D eigenvalue weighted by Gasteiger charge is -2.33. The van der Waals surface area contributed by atoms with Gasteiger partial charge in [-0.25, -0.2) is 13.8 Å². The summed E-state index contributed by atoms with van der Waals surface area (Å²) in [6.45, 7) is 8.58. The molecule has 21 heteroatoms. The number of aryl methyl sites for hydroxylation is 3. The van der Waals surface area contributed by atoms with Gasteiger partial charge in [-0.2, -0.15) is 10.2 Å². The summed E-state index contributed by atoms with van der Waals surface area (Å²) in [4.78, 5) is 69.4. The van der Waals surface area contributed by atoms with E-state index in [1.165, 1.54) is 13.8 Å². The number of hydrogen-bond acceptors (Lipinski definition) is 12. The quantitative estimate of drug-likeness (QED) is 0.0351. The van der Waals surface area contributed by atoms with Crippen molar-refractivity contribution >= 4 is 56.5 Å². The van der Waals surface area contributed by atoms with Gasteiger partial charge >= 0.3 is 5.00 Å². The van der Waals surface area contributed by atoms with E-state index in [1.807, 2.05) is 11.0 Å². The normalized spacial score (nSPS) is 16.1. The Kier molecular flexibility index (Phi) is 16.2. The summed E-state index contributed by atoms with van der Waals surface area (Å²) in [5, 5.41) is 32.4. The molecule has 2 aliphatic heterocycles. The van der Waals surface area contributed by atoms with Crippen LogP contribution in [0.15, 0.2) is 42.7 Å². The molecule has 1 fully saturated rings. The highest BCUT2D eigenvalue weighted by molar-refractivity contribution is 7.19. The summed E-state index contributed by atoms with van der Waals surface area (Å²) in [6, 6.07) is 8.75. The Hall–Kier alpha value is -6.61. The van der Waals surface area contributed by atoms with Crippen molar-refractivity contribution in [2.45, 2.75) is 116 Å². The van der Waals surface area contributed by atoms with Crippen LogP contribution in [0.1, 0.15) is 140 Å². The largest absolute Gasteiger partial charge is 0.385 e. The fourth-order valence-corrected chi connectivity index (χ4v) is 11.0. The number of nitrogens with zero attached hydrogens (tertiary/aromatic N) is 8. The maximum atomic E-state index is 14.7. The van der Waals surface area contributed by atoms with E-state index in [4.69, 9.17) is 5.10 Å². The smallest absolute Gasteiger partial charge is 0.348 e. The van der Waals surface area contributed by atoms with Crippen LogP contribution in [-0.2, 0) is 40.8 Å². The van der Waals surface area contributed by atoms with Crippen LogP contribution in [-0.4, -0.2) is 102 Å². The third kappa shape index (κ3) is 12.1. The second kappa shape index (κ2) is 22.6. The molecule has 1 saturated heterocycles. The second-order valence-electron chi connectivity index (χ2n) is 18.8. The number of amides is 4. The molecule has 0 radical (unpaired) electrons. The van der Waals surface area contributed by atoms with E-state index < -0.39 is 17.3 Å². The maximum Gasteiger partial charge on any atom is 0.348 e. The van der Waals surface area contributed by atoms with Gasteiger partial charge in [-0.15, -0.1) is 0 Å². The average Bonchev–Trinajstić information content (AvgIpc) is 4.06. The van der Waals surface area contributed by atoms with Crippen molar-refractivity contribution in [1.29, 1.82) is 0 Å². The Bertz CT molecular complexity index is 2780. The number of alkyl halides is 2. The number of aromatic nitrogens is 5. The third-order valence-corrected chi connectivity index (χ3v) is 14.8. The molecule has 3 aromatic heterocycles.